The van der Waals surface area contributed by atoms with Gasteiger partial charge in [-0.15, -0.1) is 0 Å². The Morgan fingerprint density at radius 1 is 1.44 bits per heavy atom. The van der Waals surface area contributed by atoms with E-state index in [-0.39, 0.29) is 6.29 Å². The number of carbonyl (C=O) groups excluding carboxylic acids is 1. The highest BCUT2D eigenvalue weighted by molar-refractivity contribution is 5.80. The Balaban J connectivity index is 3.63. The van der Waals surface area contributed by atoms with Crippen LogP contribution in [0.3, 0.4) is 0 Å². The summed E-state index contributed by atoms with van der Waals surface area (Å²) in [5.41, 5.74) is -3.23. The highest BCUT2D eigenvalue weighted by Crippen LogP contribution is 2.36. The number of nitrogens with zero attached hydrogens (tertiary/aromatic N) is 2. The molecule has 0 unspecified atom stereocenters. The highest BCUT2D eigenvalue weighted by atomic mass is 19.4. The Kier molecular flexibility index (Phi) is 3.66. The van der Waals surface area contributed by atoms with Crippen LogP contribution in [0.1, 0.15) is 21.5 Å². The minimum atomic E-state index is -4.87. The Bertz CT molecular complexity index is 547. The Hall–Kier alpha value is -2.43. The lowest BCUT2D eigenvalue weighted by molar-refractivity contribution is -0.385. The molecule has 5 nitrogen and oxygen atoms in total. The molecule has 0 fully saturated rings. The number of hydrogen-bond donors (Lipinski definition) is 0. The molecule has 0 amide bonds. The zero-order chi connectivity index (χ0) is 13.9. The van der Waals surface area contributed by atoms with Crippen molar-refractivity contribution >= 4 is 12.0 Å². The van der Waals surface area contributed by atoms with Crippen molar-refractivity contribution in [3.63, 3.8) is 0 Å². The van der Waals surface area contributed by atoms with E-state index in [2.05, 4.69) is 0 Å². The fourth-order valence-corrected chi connectivity index (χ4v) is 1.42. The average molecular weight is 258 g/mol. The first-order valence-electron chi connectivity index (χ1n) is 4.52. The summed E-state index contributed by atoms with van der Waals surface area (Å²) in [5.74, 6) is 0. The molecular formula is C10H5F3N2O3. The molecule has 0 spiro atoms. The lowest BCUT2D eigenvalue weighted by atomic mass is 9.98. The van der Waals surface area contributed by atoms with E-state index in [1.54, 1.807) is 0 Å². The van der Waals surface area contributed by atoms with Gasteiger partial charge in [-0.2, -0.15) is 18.4 Å². The second-order valence-corrected chi connectivity index (χ2v) is 3.27. The van der Waals surface area contributed by atoms with Crippen LogP contribution in [0.25, 0.3) is 0 Å². The van der Waals surface area contributed by atoms with Crippen LogP contribution in [0.2, 0.25) is 0 Å². The van der Waals surface area contributed by atoms with E-state index >= 15 is 0 Å². The molecule has 0 saturated heterocycles. The molecule has 0 aliphatic carbocycles. The average Bonchev–Trinajstić information content (AvgIpc) is 2.27. The van der Waals surface area contributed by atoms with Crippen LogP contribution >= 0.6 is 0 Å². The van der Waals surface area contributed by atoms with Crippen molar-refractivity contribution in [2.45, 2.75) is 12.6 Å². The van der Waals surface area contributed by atoms with Crippen molar-refractivity contribution < 1.29 is 22.9 Å². The predicted octanol–water partition coefficient (Wildman–Crippen LogP) is 2.49. The molecule has 0 heterocycles. The van der Waals surface area contributed by atoms with Gasteiger partial charge < -0.3 is 0 Å². The predicted molar refractivity (Wildman–Crippen MR) is 52.8 cm³/mol. The molecule has 0 radical (unpaired) electrons. The van der Waals surface area contributed by atoms with Gasteiger partial charge in [-0.05, 0) is 5.56 Å². The summed E-state index contributed by atoms with van der Waals surface area (Å²) in [6.07, 6.45) is -5.45. The summed E-state index contributed by atoms with van der Waals surface area (Å²) in [7, 11) is 0. The first-order valence-corrected chi connectivity index (χ1v) is 4.52. The van der Waals surface area contributed by atoms with E-state index in [1.165, 1.54) is 6.07 Å². The van der Waals surface area contributed by atoms with Crippen LogP contribution in [-0.4, -0.2) is 11.2 Å². The first-order chi connectivity index (χ1) is 8.31. The number of hydrogen-bond acceptors (Lipinski definition) is 4. The molecule has 0 aliphatic heterocycles. The maximum Gasteiger partial charge on any atom is 0.416 e. The lowest BCUT2D eigenvalue weighted by Gasteiger charge is -2.12. The third-order valence-corrected chi connectivity index (χ3v) is 2.17. The number of nitro benzene ring substituents is 1. The Morgan fingerprint density at radius 3 is 2.44 bits per heavy atom. The van der Waals surface area contributed by atoms with Gasteiger partial charge in [0.1, 0.15) is 0 Å². The van der Waals surface area contributed by atoms with Crippen LogP contribution < -0.4 is 0 Å². The van der Waals surface area contributed by atoms with Crippen LogP contribution in [0.15, 0.2) is 12.1 Å². The number of carbonyl (C=O) groups is 1. The van der Waals surface area contributed by atoms with Crippen LogP contribution in [-0.2, 0) is 12.6 Å². The Labute approximate surface area is 98.6 Å². The zero-order valence-corrected chi connectivity index (χ0v) is 8.69. The molecule has 1 rings (SSSR count). The van der Waals surface area contributed by atoms with E-state index in [1.807, 2.05) is 0 Å². The fourth-order valence-electron chi connectivity index (χ4n) is 1.42. The van der Waals surface area contributed by atoms with Gasteiger partial charge in [0, 0.05) is 17.7 Å². The molecule has 0 aliphatic rings. The van der Waals surface area contributed by atoms with Gasteiger partial charge >= 0.3 is 6.18 Å². The van der Waals surface area contributed by atoms with Gasteiger partial charge in [-0.25, -0.2) is 0 Å². The number of non-ortho nitro benzene ring substituents is 1. The van der Waals surface area contributed by atoms with Gasteiger partial charge in [-0.1, -0.05) is 0 Å². The number of aldehydes is 1. The summed E-state index contributed by atoms with van der Waals surface area (Å²) >= 11 is 0. The maximum atomic E-state index is 12.7. The van der Waals surface area contributed by atoms with Crippen LogP contribution in [0.5, 0.6) is 0 Å². The van der Waals surface area contributed by atoms with E-state index in [0.29, 0.717) is 6.07 Å². The number of nitro groups is 1. The summed E-state index contributed by atoms with van der Waals surface area (Å²) in [6, 6.07) is 2.53. The molecule has 0 atom stereocenters. The summed E-state index contributed by atoms with van der Waals surface area (Å²) in [4.78, 5) is 20.1. The number of alkyl halides is 3. The number of rotatable bonds is 3. The smallest absolute Gasteiger partial charge is 0.298 e. The summed E-state index contributed by atoms with van der Waals surface area (Å²) in [5, 5.41) is 18.9. The monoisotopic (exact) mass is 258 g/mol. The number of halogens is 3. The van der Waals surface area contributed by atoms with E-state index in [9.17, 15) is 28.1 Å². The summed E-state index contributed by atoms with van der Waals surface area (Å²) in [6.45, 7) is 0. The minimum absolute atomic E-state index is 0.0644. The maximum absolute atomic E-state index is 12.7. The molecule has 8 heteroatoms. The van der Waals surface area contributed by atoms with Gasteiger partial charge in [0.15, 0.2) is 6.29 Å². The molecular weight excluding hydrogens is 253 g/mol. The van der Waals surface area contributed by atoms with Crippen molar-refractivity contribution in [3.05, 3.63) is 38.9 Å². The molecule has 94 valence electrons. The topological polar surface area (TPSA) is 84.0 Å². The van der Waals surface area contributed by atoms with E-state index < -0.39 is 39.9 Å². The standard InChI is InChI=1S/C10H5F3N2O3/c11-10(12,13)9-4-7(15(17)18)3-6(5-16)8(9)1-2-14/h3-5H,1H2. The number of nitriles is 1. The SMILES string of the molecule is N#CCc1c(C=O)cc([N+](=O)[O-])cc1C(F)(F)F. The molecule has 0 bridgehead atoms. The second-order valence-electron chi connectivity index (χ2n) is 3.27. The zero-order valence-electron chi connectivity index (χ0n) is 8.69. The summed E-state index contributed by atoms with van der Waals surface area (Å²) < 4.78 is 38.1. The molecule has 0 N–H and O–H groups in total. The van der Waals surface area contributed by atoms with Crippen LogP contribution in [0.4, 0.5) is 18.9 Å². The van der Waals surface area contributed by atoms with Crippen molar-refractivity contribution in [2.24, 2.45) is 0 Å². The molecule has 1 aromatic carbocycles. The van der Waals surface area contributed by atoms with Gasteiger partial charge in [0.05, 0.1) is 23.0 Å². The largest absolute Gasteiger partial charge is 0.416 e. The Morgan fingerprint density at radius 2 is 2.06 bits per heavy atom. The molecule has 0 aromatic heterocycles. The van der Waals surface area contributed by atoms with Gasteiger partial charge in [-0.3, -0.25) is 14.9 Å². The molecule has 18 heavy (non-hydrogen) atoms. The fraction of sp³-hybridized carbons (Fsp3) is 0.200. The molecule has 1 aromatic rings. The second kappa shape index (κ2) is 4.83. The quantitative estimate of drug-likeness (QED) is 0.473. The molecule has 0 saturated carbocycles. The third-order valence-electron chi connectivity index (χ3n) is 2.17. The van der Waals surface area contributed by atoms with Gasteiger partial charge in [0.25, 0.3) is 5.69 Å². The lowest BCUT2D eigenvalue weighted by Crippen LogP contribution is -2.12. The minimum Gasteiger partial charge on any atom is -0.298 e. The van der Waals surface area contributed by atoms with Crippen LogP contribution in [0, 0.1) is 21.4 Å². The number of benzene rings is 1. The normalized spacial score (nSPS) is 10.8. The first kappa shape index (κ1) is 13.6. The highest BCUT2D eigenvalue weighted by Gasteiger charge is 2.36. The van der Waals surface area contributed by atoms with Crippen molar-refractivity contribution in [1.29, 1.82) is 5.26 Å². The van der Waals surface area contributed by atoms with Crippen molar-refractivity contribution in [2.75, 3.05) is 0 Å². The third kappa shape index (κ3) is 2.63. The van der Waals surface area contributed by atoms with Crippen molar-refractivity contribution in [1.82, 2.24) is 0 Å². The van der Waals surface area contributed by atoms with Gasteiger partial charge in [0.2, 0.25) is 0 Å². The van der Waals surface area contributed by atoms with Crippen molar-refractivity contribution in [3.8, 4) is 6.07 Å². The van der Waals surface area contributed by atoms with E-state index in [4.69, 9.17) is 5.26 Å². The van der Waals surface area contributed by atoms with E-state index in [0.717, 1.165) is 6.07 Å².